The molecule has 0 amide bonds. The fraction of sp³-hybridized carbons (Fsp3) is 0.500. The molecule has 0 aromatic carbocycles. The van der Waals surface area contributed by atoms with E-state index in [1.807, 2.05) is 12.1 Å². The average Bonchev–Trinajstić information content (AvgIpc) is 2.56. The van der Waals surface area contributed by atoms with Crippen molar-refractivity contribution in [3.05, 3.63) is 29.7 Å². The highest BCUT2D eigenvalue weighted by Gasteiger charge is 1.95. The minimum Gasteiger partial charge on any atom is -0.465 e. The fourth-order valence-corrected chi connectivity index (χ4v) is 1.23. The molecule has 0 aliphatic heterocycles. The van der Waals surface area contributed by atoms with Gasteiger partial charge in [0.2, 0.25) is 0 Å². The molecule has 0 aliphatic rings. The summed E-state index contributed by atoms with van der Waals surface area (Å²) >= 11 is 0. The molecule has 0 unspecified atom stereocenters. The van der Waals surface area contributed by atoms with Crippen molar-refractivity contribution in [2.45, 2.75) is 20.8 Å². The molecule has 0 bridgehead atoms. The van der Waals surface area contributed by atoms with Gasteiger partial charge in [-0.1, -0.05) is 19.4 Å². The first kappa shape index (κ1) is 11.1. The SMILES string of the molecule is CC(=Cc1ccco1)CNCC(C)C. The Morgan fingerprint density at radius 3 is 2.93 bits per heavy atom. The van der Waals surface area contributed by atoms with E-state index in [-0.39, 0.29) is 0 Å². The highest BCUT2D eigenvalue weighted by atomic mass is 16.3. The van der Waals surface area contributed by atoms with Crippen molar-refractivity contribution in [2.75, 3.05) is 13.1 Å². The Bertz CT molecular complexity index is 273. The molecular weight excluding hydrogens is 174 g/mol. The Balaban J connectivity index is 2.31. The van der Waals surface area contributed by atoms with Gasteiger partial charge >= 0.3 is 0 Å². The first-order valence-electron chi connectivity index (χ1n) is 5.10. The fourth-order valence-electron chi connectivity index (χ4n) is 1.23. The van der Waals surface area contributed by atoms with Gasteiger partial charge in [0.25, 0.3) is 0 Å². The third-order valence-corrected chi connectivity index (χ3v) is 1.89. The molecule has 0 aliphatic carbocycles. The second-order valence-electron chi connectivity index (χ2n) is 4.03. The van der Waals surface area contributed by atoms with Crippen LogP contribution in [-0.2, 0) is 0 Å². The second kappa shape index (κ2) is 5.66. The van der Waals surface area contributed by atoms with E-state index < -0.39 is 0 Å². The molecule has 1 aromatic heterocycles. The maximum Gasteiger partial charge on any atom is 0.126 e. The van der Waals surface area contributed by atoms with Crippen LogP contribution in [0, 0.1) is 5.92 Å². The van der Waals surface area contributed by atoms with Crippen molar-refractivity contribution in [2.24, 2.45) is 5.92 Å². The van der Waals surface area contributed by atoms with E-state index in [2.05, 4.69) is 32.2 Å². The standard InChI is InChI=1S/C12H19NO/c1-10(2)8-13-9-11(3)7-12-5-4-6-14-12/h4-7,10,13H,8-9H2,1-3H3. The Hall–Kier alpha value is -1.02. The number of furan rings is 1. The van der Waals surface area contributed by atoms with Crippen molar-refractivity contribution in [3.8, 4) is 0 Å². The lowest BCUT2D eigenvalue weighted by Crippen LogP contribution is -2.21. The van der Waals surface area contributed by atoms with Crippen molar-refractivity contribution in [1.29, 1.82) is 0 Å². The molecule has 1 N–H and O–H groups in total. The summed E-state index contributed by atoms with van der Waals surface area (Å²) in [6.07, 6.45) is 3.76. The zero-order valence-corrected chi connectivity index (χ0v) is 9.21. The van der Waals surface area contributed by atoms with E-state index in [0.29, 0.717) is 5.92 Å². The van der Waals surface area contributed by atoms with Crippen LogP contribution in [0.1, 0.15) is 26.5 Å². The Labute approximate surface area is 86.0 Å². The summed E-state index contributed by atoms with van der Waals surface area (Å²) in [5, 5.41) is 3.39. The van der Waals surface area contributed by atoms with Gasteiger partial charge in [-0.15, -0.1) is 0 Å². The van der Waals surface area contributed by atoms with Crippen LogP contribution in [0.15, 0.2) is 28.4 Å². The maximum absolute atomic E-state index is 5.23. The van der Waals surface area contributed by atoms with Gasteiger partial charge in [-0.3, -0.25) is 0 Å². The summed E-state index contributed by atoms with van der Waals surface area (Å²) in [4.78, 5) is 0. The Morgan fingerprint density at radius 1 is 1.57 bits per heavy atom. The summed E-state index contributed by atoms with van der Waals surface area (Å²) < 4.78 is 5.23. The van der Waals surface area contributed by atoms with Gasteiger partial charge in [-0.25, -0.2) is 0 Å². The van der Waals surface area contributed by atoms with Crippen molar-refractivity contribution in [3.63, 3.8) is 0 Å². The quantitative estimate of drug-likeness (QED) is 0.777. The predicted octanol–water partition coefficient (Wildman–Crippen LogP) is 2.93. The minimum atomic E-state index is 0.700. The number of hydrogen-bond acceptors (Lipinski definition) is 2. The van der Waals surface area contributed by atoms with E-state index >= 15 is 0 Å². The van der Waals surface area contributed by atoms with Crippen LogP contribution in [0.4, 0.5) is 0 Å². The highest BCUT2D eigenvalue weighted by molar-refractivity contribution is 5.46. The van der Waals surface area contributed by atoms with Crippen LogP contribution in [-0.4, -0.2) is 13.1 Å². The van der Waals surface area contributed by atoms with E-state index in [1.165, 1.54) is 5.57 Å². The minimum absolute atomic E-state index is 0.700. The lowest BCUT2D eigenvalue weighted by Gasteiger charge is -2.06. The molecular formula is C12H19NO. The van der Waals surface area contributed by atoms with Crippen LogP contribution in [0.5, 0.6) is 0 Å². The zero-order chi connectivity index (χ0) is 10.4. The molecule has 2 nitrogen and oxygen atoms in total. The number of hydrogen-bond donors (Lipinski definition) is 1. The molecule has 0 fully saturated rings. The molecule has 1 heterocycles. The topological polar surface area (TPSA) is 25.2 Å². The molecule has 2 heteroatoms. The molecule has 1 aromatic rings. The van der Waals surface area contributed by atoms with Gasteiger partial charge in [0.1, 0.15) is 5.76 Å². The van der Waals surface area contributed by atoms with Crippen LogP contribution < -0.4 is 5.32 Å². The third-order valence-electron chi connectivity index (χ3n) is 1.89. The van der Waals surface area contributed by atoms with Crippen molar-refractivity contribution < 1.29 is 4.42 Å². The summed E-state index contributed by atoms with van der Waals surface area (Å²) in [5.74, 6) is 1.63. The average molecular weight is 193 g/mol. The maximum atomic E-state index is 5.23. The molecule has 78 valence electrons. The van der Waals surface area contributed by atoms with E-state index in [9.17, 15) is 0 Å². The molecule has 0 spiro atoms. The zero-order valence-electron chi connectivity index (χ0n) is 9.21. The monoisotopic (exact) mass is 193 g/mol. The van der Waals surface area contributed by atoms with Crippen molar-refractivity contribution >= 4 is 6.08 Å². The Kier molecular flexibility index (Phi) is 4.47. The number of nitrogens with one attached hydrogen (secondary N) is 1. The van der Waals surface area contributed by atoms with Gasteiger partial charge in [0.15, 0.2) is 0 Å². The smallest absolute Gasteiger partial charge is 0.126 e. The predicted molar refractivity (Wildman–Crippen MR) is 60.1 cm³/mol. The highest BCUT2D eigenvalue weighted by Crippen LogP contribution is 2.06. The molecule has 0 saturated heterocycles. The lowest BCUT2D eigenvalue weighted by molar-refractivity contribution is 0.554. The molecule has 0 saturated carbocycles. The summed E-state index contributed by atoms with van der Waals surface area (Å²) in [7, 11) is 0. The van der Waals surface area contributed by atoms with Gasteiger partial charge in [-0.05, 0) is 37.6 Å². The van der Waals surface area contributed by atoms with E-state index in [1.54, 1.807) is 6.26 Å². The largest absolute Gasteiger partial charge is 0.465 e. The molecule has 0 atom stereocenters. The van der Waals surface area contributed by atoms with E-state index in [4.69, 9.17) is 4.42 Å². The normalized spacial score (nSPS) is 12.4. The second-order valence-corrected chi connectivity index (χ2v) is 4.03. The molecule has 14 heavy (non-hydrogen) atoms. The first-order valence-corrected chi connectivity index (χ1v) is 5.10. The lowest BCUT2D eigenvalue weighted by atomic mass is 10.2. The summed E-state index contributed by atoms with van der Waals surface area (Å²) in [6.45, 7) is 8.51. The molecule has 0 radical (unpaired) electrons. The van der Waals surface area contributed by atoms with Crippen LogP contribution in [0.3, 0.4) is 0 Å². The summed E-state index contributed by atoms with van der Waals surface area (Å²) in [6, 6.07) is 3.87. The first-order chi connectivity index (χ1) is 6.68. The van der Waals surface area contributed by atoms with Gasteiger partial charge in [0.05, 0.1) is 6.26 Å². The van der Waals surface area contributed by atoms with Gasteiger partial charge in [0, 0.05) is 6.54 Å². The van der Waals surface area contributed by atoms with Gasteiger partial charge < -0.3 is 9.73 Å². The van der Waals surface area contributed by atoms with E-state index in [0.717, 1.165) is 18.8 Å². The van der Waals surface area contributed by atoms with Gasteiger partial charge in [-0.2, -0.15) is 0 Å². The van der Waals surface area contributed by atoms with Crippen LogP contribution in [0.2, 0.25) is 0 Å². The molecule has 1 rings (SSSR count). The Morgan fingerprint density at radius 2 is 2.36 bits per heavy atom. The van der Waals surface area contributed by atoms with Crippen molar-refractivity contribution in [1.82, 2.24) is 5.32 Å². The number of rotatable bonds is 5. The van der Waals surface area contributed by atoms with Crippen LogP contribution in [0.25, 0.3) is 6.08 Å². The summed E-state index contributed by atoms with van der Waals surface area (Å²) in [5.41, 5.74) is 1.29. The van der Waals surface area contributed by atoms with Crippen LogP contribution >= 0.6 is 0 Å². The third kappa shape index (κ3) is 4.28.